The van der Waals surface area contributed by atoms with Gasteiger partial charge in [-0.2, -0.15) is 8.42 Å². The second kappa shape index (κ2) is 5.12. The standard InChI is InChI=1S/C13H18O4S/c1-5-8(2)6-11-7-12(18(15,16)17)10(4)13(14)9(11)3/h6-7,14H,5H2,1-4H3,(H,15,16,17). The molecule has 0 aliphatic heterocycles. The van der Waals surface area contributed by atoms with Gasteiger partial charge in [-0.25, -0.2) is 0 Å². The van der Waals surface area contributed by atoms with E-state index < -0.39 is 10.1 Å². The molecule has 1 aromatic rings. The molecule has 0 aromatic heterocycles. The highest BCUT2D eigenvalue weighted by Gasteiger charge is 2.19. The fraction of sp³-hybridized carbons (Fsp3) is 0.385. The predicted octanol–water partition coefficient (Wildman–Crippen LogP) is 3.07. The Hall–Kier alpha value is -1.33. The van der Waals surface area contributed by atoms with Crippen LogP contribution in [0.25, 0.3) is 6.08 Å². The van der Waals surface area contributed by atoms with Gasteiger partial charge in [0.25, 0.3) is 10.1 Å². The lowest BCUT2D eigenvalue weighted by Crippen LogP contribution is -2.03. The van der Waals surface area contributed by atoms with Crippen molar-refractivity contribution in [1.82, 2.24) is 0 Å². The molecule has 0 amide bonds. The SMILES string of the molecule is CCC(C)=Cc1cc(S(=O)(=O)O)c(C)c(O)c1C. The minimum atomic E-state index is -4.33. The van der Waals surface area contributed by atoms with Crippen LogP contribution in [0, 0.1) is 13.8 Å². The molecule has 0 heterocycles. The lowest BCUT2D eigenvalue weighted by Gasteiger charge is -2.11. The molecule has 0 aliphatic rings. The first-order chi connectivity index (χ1) is 8.18. The summed E-state index contributed by atoms with van der Waals surface area (Å²) in [5.41, 5.74) is 2.43. The summed E-state index contributed by atoms with van der Waals surface area (Å²) in [6.45, 7) is 7.08. The summed E-state index contributed by atoms with van der Waals surface area (Å²) < 4.78 is 31.6. The Balaban J connectivity index is 3.62. The molecule has 0 atom stereocenters. The molecule has 1 aromatic carbocycles. The predicted molar refractivity (Wildman–Crippen MR) is 71.3 cm³/mol. The van der Waals surface area contributed by atoms with Gasteiger partial charge in [-0.1, -0.05) is 18.6 Å². The molecule has 0 spiro atoms. The smallest absolute Gasteiger partial charge is 0.294 e. The maximum atomic E-state index is 11.2. The summed E-state index contributed by atoms with van der Waals surface area (Å²) in [7, 11) is -4.33. The van der Waals surface area contributed by atoms with E-state index in [0.717, 1.165) is 12.0 Å². The number of aromatic hydroxyl groups is 1. The van der Waals surface area contributed by atoms with E-state index in [4.69, 9.17) is 4.55 Å². The Kier molecular flexibility index (Phi) is 4.19. The van der Waals surface area contributed by atoms with Crippen LogP contribution in [-0.2, 0) is 10.1 Å². The van der Waals surface area contributed by atoms with Crippen molar-refractivity contribution in [2.45, 2.75) is 39.0 Å². The highest BCUT2D eigenvalue weighted by molar-refractivity contribution is 7.85. The second-order valence-electron chi connectivity index (χ2n) is 4.38. The quantitative estimate of drug-likeness (QED) is 0.828. The Morgan fingerprint density at radius 1 is 1.33 bits per heavy atom. The van der Waals surface area contributed by atoms with Crippen LogP contribution in [-0.4, -0.2) is 18.1 Å². The molecule has 1 rings (SSSR count). The van der Waals surface area contributed by atoms with Crippen LogP contribution in [0.1, 0.15) is 37.0 Å². The monoisotopic (exact) mass is 270 g/mol. The molecule has 0 saturated heterocycles. The molecule has 0 unspecified atom stereocenters. The van der Waals surface area contributed by atoms with E-state index in [1.165, 1.54) is 13.0 Å². The molecule has 100 valence electrons. The van der Waals surface area contributed by atoms with Gasteiger partial charge < -0.3 is 5.11 Å². The van der Waals surface area contributed by atoms with Crippen molar-refractivity contribution in [2.75, 3.05) is 0 Å². The van der Waals surface area contributed by atoms with Crippen LogP contribution in [0.2, 0.25) is 0 Å². The van der Waals surface area contributed by atoms with Crippen molar-refractivity contribution < 1.29 is 18.1 Å². The minimum Gasteiger partial charge on any atom is -0.507 e. The largest absolute Gasteiger partial charge is 0.507 e. The number of hydrogen-bond donors (Lipinski definition) is 2. The van der Waals surface area contributed by atoms with E-state index in [9.17, 15) is 13.5 Å². The van der Waals surface area contributed by atoms with Crippen LogP contribution in [0.5, 0.6) is 5.75 Å². The van der Waals surface area contributed by atoms with Gasteiger partial charge in [-0.15, -0.1) is 0 Å². The van der Waals surface area contributed by atoms with E-state index in [2.05, 4.69) is 0 Å². The summed E-state index contributed by atoms with van der Waals surface area (Å²) in [5.74, 6) is -0.0970. The maximum absolute atomic E-state index is 11.2. The number of rotatable bonds is 3. The lowest BCUT2D eigenvalue weighted by molar-refractivity contribution is 0.458. The van der Waals surface area contributed by atoms with Crippen LogP contribution in [0.4, 0.5) is 0 Å². The highest BCUT2D eigenvalue weighted by atomic mass is 32.2. The number of phenolic OH excluding ortho intramolecular Hbond substituents is 1. The zero-order valence-electron chi connectivity index (χ0n) is 11.0. The fourth-order valence-electron chi connectivity index (χ4n) is 1.68. The van der Waals surface area contributed by atoms with Gasteiger partial charge in [-0.05, 0) is 44.4 Å². The van der Waals surface area contributed by atoms with Crippen molar-refractivity contribution in [2.24, 2.45) is 0 Å². The number of benzene rings is 1. The van der Waals surface area contributed by atoms with Crippen LogP contribution >= 0.6 is 0 Å². The van der Waals surface area contributed by atoms with E-state index in [1.807, 2.05) is 19.9 Å². The van der Waals surface area contributed by atoms with E-state index in [0.29, 0.717) is 11.1 Å². The second-order valence-corrected chi connectivity index (χ2v) is 5.77. The summed E-state index contributed by atoms with van der Waals surface area (Å²) in [4.78, 5) is -0.249. The van der Waals surface area contributed by atoms with Crippen molar-refractivity contribution in [3.8, 4) is 5.75 Å². The van der Waals surface area contributed by atoms with Crippen molar-refractivity contribution in [1.29, 1.82) is 0 Å². The van der Waals surface area contributed by atoms with Crippen molar-refractivity contribution >= 4 is 16.2 Å². The van der Waals surface area contributed by atoms with Crippen molar-refractivity contribution in [3.05, 3.63) is 28.3 Å². The molecule has 0 radical (unpaired) electrons. The Morgan fingerprint density at radius 2 is 1.89 bits per heavy atom. The number of allylic oxidation sites excluding steroid dienone is 1. The third kappa shape index (κ3) is 2.91. The highest BCUT2D eigenvalue weighted by Crippen LogP contribution is 2.32. The third-order valence-electron chi connectivity index (χ3n) is 3.04. The zero-order valence-corrected chi connectivity index (χ0v) is 11.8. The van der Waals surface area contributed by atoms with E-state index >= 15 is 0 Å². The Morgan fingerprint density at radius 3 is 2.33 bits per heavy atom. The molecule has 0 saturated carbocycles. The molecule has 0 fully saturated rings. The van der Waals surface area contributed by atoms with Crippen LogP contribution in [0.15, 0.2) is 16.5 Å². The van der Waals surface area contributed by atoms with Gasteiger partial charge in [-0.3, -0.25) is 4.55 Å². The minimum absolute atomic E-state index is 0.0970. The molecular formula is C13H18O4S. The molecule has 0 bridgehead atoms. The molecule has 4 nitrogen and oxygen atoms in total. The van der Waals surface area contributed by atoms with Gasteiger partial charge in [0.1, 0.15) is 10.6 Å². The van der Waals surface area contributed by atoms with Crippen molar-refractivity contribution in [3.63, 3.8) is 0 Å². The summed E-state index contributed by atoms with van der Waals surface area (Å²) in [6, 6.07) is 1.39. The first kappa shape index (κ1) is 14.7. The third-order valence-corrected chi connectivity index (χ3v) is 4.02. The zero-order chi connectivity index (χ0) is 14.1. The first-order valence-electron chi connectivity index (χ1n) is 5.66. The Labute approximate surface area is 108 Å². The van der Waals surface area contributed by atoms with E-state index in [1.54, 1.807) is 6.92 Å². The Bertz CT molecular complexity index is 598. The summed E-state index contributed by atoms with van der Waals surface area (Å²) in [6.07, 6.45) is 2.64. The molecule has 5 heteroatoms. The summed E-state index contributed by atoms with van der Waals surface area (Å²) in [5, 5.41) is 9.91. The van der Waals surface area contributed by atoms with Gasteiger partial charge in [0.15, 0.2) is 0 Å². The molecular weight excluding hydrogens is 252 g/mol. The van der Waals surface area contributed by atoms with Gasteiger partial charge in [0, 0.05) is 5.56 Å². The maximum Gasteiger partial charge on any atom is 0.294 e. The van der Waals surface area contributed by atoms with Crippen LogP contribution < -0.4 is 0 Å². The van der Waals surface area contributed by atoms with Gasteiger partial charge in [0.05, 0.1) is 0 Å². The average Bonchev–Trinajstić information content (AvgIpc) is 2.28. The summed E-state index contributed by atoms with van der Waals surface area (Å²) >= 11 is 0. The first-order valence-corrected chi connectivity index (χ1v) is 7.10. The van der Waals surface area contributed by atoms with Gasteiger partial charge in [0.2, 0.25) is 0 Å². The average molecular weight is 270 g/mol. The topological polar surface area (TPSA) is 74.6 Å². The lowest BCUT2D eigenvalue weighted by atomic mass is 10.0. The molecule has 2 N–H and O–H groups in total. The van der Waals surface area contributed by atoms with E-state index in [-0.39, 0.29) is 16.2 Å². The number of phenols is 1. The molecule has 18 heavy (non-hydrogen) atoms. The molecule has 0 aliphatic carbocycles. The number of hydrogen-bond acceptors (Lipinski definition) is 3. The fourth-order valence-corrected chi connectivity index (χ4v) is 2.44. The van der Waals surface area contributed by atoms with Gasteiger partial charge >= 0.3 is 0 Å². The van der Waals surface area contributed by atoms with Crippen LogP contribution in [0.3, 0.4) is 0 Å². The normalized spacial score (nSPS) is 12.8.